The van der Waals surface area contributed by atoms with Gasteiger partial charge < -0.3 is 15.4 Å². The van der Waals surface area contributed by atoms with Crippen LogP contribution in [0.25, 0.3) is 0 Å². The number of hydrogen-bond acceptors (Lipinski definition) is 4. The molecule has 0 aliphatic heterocycles. The van der Waals surface area contributed by atoms with Crippen LogP contribution in [0.5, 0.6) is 5.75 Å². The zero-order chi connectivity index (χ0) is 15.1. The van der Waals surface area contributed by atoms with Crippen LogP contribution in [0.1, 0.15) is 17.3 Å². The fourth-order valence-corrected chi connectivity index (χ4v) is 2.26. The molecule has 0 spiro atoms. The molecule has 0 bridgehead atoms. The lowest BCUT2D eigenvalue weighted by Crippen LogP contribution is -2.30. The minimum Gasteiger partial charge on any atom is -0.497 e. The van der Waals surface area contributed by atoms with Crippen LogP contribution in [-0.4, -0.2) is 37.1 Å². The van der Waals surface area contributed by atoms with E-state index in [0.717, 1.165) is 36.5 Å². The van der Waals surface area contributed by atoms with Gasteiger partial charge in [-0.15, -0.1) is 0 Å². The van der Waals surface area contributed by atoms with Crippen molar-refractivity contribution in [1.82, 2.24) is 9.88 Å². The van der Waals surface area contributed by atoms with Gasteiger partial charge in [0.2, 0.25) is 0 Å². The summed E-state index contributed by atoms with van der Waals surface area (Å²) in [6, 6.07) is 13.9. The van der Waals surface area contributed by atoms with Crippen molar-refractivity contribution in [3.05, 3.63) is 59.9 Å². The highest BCUT2D eigenvalue weighted by molar-refractivity contribution is 5.30. The minimum absolute atomic E-state index is 0.0196. The predicted molar refractivity (Wildman–Crippen MR) is 85.4 cm³/mol. The Morgan fingerprint density at radius 3 is 2.81 bits per heavy atom. The number of nitrogens with zero attached hydrogens (tertiary/aromatic N) is 2. The Labute approximate surface area is 126 Å². The van der Waals surface area contributed by atoms with E-state index in [1.807, 2.05) is 42.6 Å². The van der Waals surface area contributed by atoms with Gasteiger partial charge in [0, 0.05) is 37.4 Å². The molecule has 0 amide bonds. The molecule has 1 aromatic heterocycles. The Morgan fingerprint density at radius 2 is 2.10 bits per heavy atom. The van der Waals surface area contributed by atoms with E-state index in [-0.39, 0.29) is 6.04 Å². The fraction of sp³-hybridized carbons (Fsp3) is 0.353. The van der Waals surface area contributed by atoms with Crippen LogP contribution in [0.3, 0.4) is 0 Å². The number of pyridine rings is 1. The van der Waals surface area contributed by atoms with Crippen LogP contribution in [0, 0.1) is 0 Å². The molecule has 0 radical (unpaired) electrons. The van der Waals surface area contributed by atoms with E-state index < -0.39 is 0 Å². The second-order valence-corrected chi connectivity index (χ2v) is 5.22. The van der Waals surface area contributed by atoms with Gasteiger partial charge in [0.05, 0.1) is 7.11 Å². The second-order valence-electron chi connectivity index (χ2n) is 5.22. The SMILES string of the molecule is COc1cccc(C(N)CN(C)CCc2ccccn2)c1. The molecule has 2 N–H and O–H groups in total. The Hall–Kier alpha value is -1.91. The molecule has 21 heavy (non-hydrogen) atoms. The van der Waals surface area contributed by atoms with Gasteiger partial charge in [-0.05, 0) is 36.9 Å². The molecule has 0 aliphatic rings. The molecule has 112 valence electrons. The van der Waals surface area contributed by atoms with Crippen molar-refractivity contribution in [1.29, 1.82) is 0 Å². The van der Waals surface area contributed by atoms with E-state index in [4.69, 9.17) is 10.5 Å². The largest absolute Gasteiger partial charge is 0.497 e. The molecule has 0 fully saturated rings. The van der Waals surface area contributed by atoms with E-state index in [9.17, 15) is 0 Å². The first kappa shape index (κ1) is 15.5. The molecule has 4 nitrogen and oxygen atoms in total. The lowest BCUT2D eigenvalue weighted by atomic mass is 10.1. The summed E-state index contributed by atoms with van der Waals surface area (Å²) in [7, 11) is 3.76. The smallest absolute Gasteiger partial charge is 0.119 e. The third-order valence-electron chi connectivity index (χ3n) is 3.51. The average Bonchev–Trinajstić information content (AvgIpc) is 2.54. The number of rotatable bonds is 7. The molecule has 1 heterocycles. The van der Waals surface area contributed by atoms with Crippen molar-refractivity contribution in [2.45, 2.75) is 12.5 Å². The summed E-state index contributed by atoms with van der Waals surface area (Å²) in [4.78, 5) is 6.57. The van der Waals surface area contributed by atoms with E-state index in [1.165, 1.54) is 0 Å². The molecule has 2 rings (SSSR count). The van der Waals surface area contributed by atoms with Crippen LogP contribution in [0.4, 0.5) is 0 Å². The fourth-order valence-electron chi connectivity index (χ4n) is 2.26. The third-order valence-corrected chi connectivity index (χ3v) is 3.51. The summed E-state index contributed by atoms with van der Waals surface area (Å²) in [6.07, 6.45) is 2.76. The monoisotopic (exact) mass is 285 g/mol. The zero-order valence-corrected chi connectivity index (χ0v) is 12.7. The number of aromatic nitrogens is 1. The molecule has 0 saturated carbocycles. The minimum atomic E-state index is -0.0196. The molecule has 2 aromatic rings. The Bertz CT molecular complexity index is 545. The maximum absolute atomic E-state index is 6.28. The van der Waals surface area contributed by atoms with Gasteiger partial charge in [-0.25, -0.2) is 0 Å². The number of likely N-dealkylation sites (N-methyl/N-ethyl adjacent to an activating group) is 1. The molecular formula is C17H23N3O. The lowest BCUT2D eigenvalue weighted by molar-refractivity contribution is 0.315. The summed E-state index contributed by atoms with van der Waals surface area (Å²) in [5, 5.41) is 0. The Morgan fingerprint density at radius 1 is 1.24 bits per heavy atom. The number of nitrogens with two attached hydrogens (primary N) is 1. The van der Waals surface area contributed by atoms with Crippen LogP contribution < -0.4 is 10.5 Å². The van der Waals surface area contributed by atoms with E-state index in [1.54, 1.807) is 7.11 Å². The van der Waals surface area contributed by atoms with Gasteiger partial charge in [-0.3, -0.25) is 4.98 Å². The van der Waals surface area contributed by atoms with Gasteiger partial charge in [0.15, 0.2) is 0 Å². The molecule has 0 saturated heterocycles. The van der Waals surface area contributed by atoms with Crippen LogP contribution in [-0.2, 0) is 6.42 Å². The quantitative estimate of drug-likeness (QED) is 0.848. The van der Waals surface area contributed by atoms with Gasteiger partial charge in [-0.1, -0.05) is 18.2 Å². The Balaban J connectivity index is 1.85. The van der Waals surface area contributed by atoms with Crippen molar-refractivity contribution in [2.75, 3.05) is 27.2 Å². The molecule has 1 atom stereocenters. The topological polar surface area (TPSA) is 51.4 Å². The maximum atomic E-state index is 6.28. The number of ether oxygens (including phenoxy) is 1. The highest BCUT2D eigenvalue weighted by Crippen LogP contribution is 2.18. The number of benzene rings is 1. The van der Waals surface area contributed by atoms with Gasteiger partial charge in [-0.2, -0.15) is 0 Å². The average molecular weight is 285 g/mol. The van der Waals surface area contributed by atoms with Crippen LogP contribution >= 0.6 is 0 Å². The first-order chi connectivity index (χ1) is 10.2. The van der Waals surface area contributed by atoms with Crippen molar-refractivity contribution >= 4 is 0 Å². The predicted octanol–water partition coefficient (Wildman–Crippen LogP) is 2.26. The van der Waals surface area contributed by atoms with Gasteiger partial charge >= 0.3 is 0 Å². The van der Waals surface area contributed by atoms with E-state index in [2.05, 4.69) is 23.0 Å². The van der Waals surface area contributed by atoms with Crippen molar-refractivity contribution < 1.29 is 4.74 Å². The lowest BCUT2D eigenvalue weighted by Gasteiger charge is -2.21. The molecule has 1 aromatic carbocycles. The molecule has 1 unspecified atom stereocenters. The normalized spacial score (nSPS) is 12.4. The summed E-state index contributed by atoms with van der Waals surface area (Å²) in [5.74, 6) is 0.846. The van der Waals surface area contributed by atoms with Gasteiger partial charge in [0.1, 0.15) is 5.75 Å². The van der Waals surface area contributed by atoms with Crippen LogP contribution in [0.15, 0.2) is 48.7 Å². The summed E-state index contributed by atoms with van der Waals surface area (Å²) in [6.45, 7) is 1.74. The third kappa shape index (κ3) is 4.85. The summed E-state index contributed by atoms with van der Waals surface area (Å²) >= 11 is 0. The second kappa shape index (κ2) is 7.76. The zero-order valence-electron chi connectivity index (χ0n) is 12.7. The molecule has 0 aliphatic carbocycles. The van der Waals surface area contributed by atoms with Crippen molar-refractivity contribution in [2.24, 2.45) is 5.73 Å². The van der Waals surface area contributed by atoms with Gasteiger partial charge in [0.25, 0.3) is 0 Å². The van der Waals surface area contributed by atoms with Crippen molar-refractivity contribution in [3.63, 3.8) is 0 Å². The highest BCUT2D eigenvalue weighted by Gasteiger charge is 2.10. The van der Waals surface area contributed by atoms with Crippen molar-refractivity contribution in [3.8, 4) is 5.75 Å². The number of hydrogen-bond donors (Lipinski definition) is 1. The maximum Gasteiger partial charge on any atom is 0.119 e. The highest BCUT2D eigenvalue weighted by atomic mass is 16.5. The Kier molecular flexibility index (Phi) is 5.72. The van der Waals surface area contributed by atoms with E-state index in [0.29, 0.717) is 0 Å². The van der Waals surface area contributed by atoms with Crippen LogP contribution in [0.2, 0.25) is 0 Å². The number of methoxy groups -OCH3 is 1. The first-order valence-corrected chi connectivity index (χ1v) is 7.17. The van der Waals surface area contributed by atoms with E-state index >= 15 is 0 Å². The molecular weight excluding hydrogens is 262 g/mol. The standard InChI is InChI=1S/C17H23N3O/c1-20(11-9-15-7-3-4-10-19-15)13-17(18)14-6-5-8-16(12-14)21-2/h3-8,10,12,17H,9,11,13,18H2,1-2H3. The summed E-state index contributed by atoms with van der Waals surface area (Å²) in [5.41, 5.74) is 8.48. The molecule has 4 heteroatoms. The summed E-state index contributed by atoms with van der Waals surface area (Å²) < 4.78 is 5.24. The first-order valence-electron chi connectivity index (χ1n) is 7.17.